The molecule has 8 heteroatoms. The van der Waals surface area contributed by atoms with E-state index in [4.69, 9.17) is 27.6 Å². The minimum Gasteiger partial charge on any atom is -0.459 e. The maximum atomic E-state index is 11.7. The summed E-state index contributed by atoms with van der Waals surface area (Å²) in [5, 5.41) is 6.47. The molecule has 0 aliphatic rings. The molecule has 2 amide bonds. The van der Waals surface area contributed by atoms with E-state index in [1.165, 1.54) is 18.0 Å². The Bertz CT molecular complexity index is 677. The van der Waals surface area contributed by atoms with Crippen LogP contribution in [0, 0.1) is 0 Å². The Morgan fingerprint density at radius 2 is 1.91 bits per heavy atom. The predicted molar refractivity (Wildman–Crippen MR) is 91.2 cm³/mol. The number of hydrogen-bond donors (Lipinski definition) is 2. The number of hydrogen-bond acceptors (Lipinski definition) is 4. The maximum Gasteiger partial charge on any atom is 0.287 e. The van der Waals surface area contributed by atoms with E-state index in [2.05, 4.69) is 10.6 Å². The standard InChI is InChI=1S/C15H14Cl2N2O3S/c16-10-3-4-11(17)13(8-10)23-9-14(20)18-5-6-19-15(21)12-2-1-7-22-12/h1-4,7-8H,5-6,9H2,(H,18,20)(H,19,21). The van der Waals surface area contributed by atoms with Crippen molar-refractivity contribution in [3.8, 4) is 0 Å². The Labute approximate surface area is 147 Å². The fourth-order valence-corrected chi connectivity index (χ4v) is 2.98. The Morgan fingerprint density at radius 1 is 1.13 bits per heavy atom. The van der Waals surface area contributed by atoms with Crippen molar-refractivity contribution in [1.29, 1.82) is 0 Å². The van der Waals surface area contributed by atoms with Crippen LogP contribution < -0.4 is 10.6 Å². The van der Waals surface area contributed by atoms with Gasteiger partial charge in [-0.25, -0.2) is 0 Å². The number of nitrogens with one attached hydrogen (secondary N) is 2. The average molecular weight is 373 g/mol. The van der Waals surface area contributed by atoms with E-state index < -0.39 is 0 Å². The quantitative estimate of drug-likeness (QED) is 0.578. The van der Waals surface area contributed by atoms with Crippen LogP contribution in [0.4, 0.5) is 0 Å². The maximum absolute atomic E-state index is 11.7. The van der Waals surface area contributed by atoms with Gasteiger partial charge in [-0.3, -0.25) is 9.59 Å². The number of furan rings is 1. The molecule has 0 atom stereocenters. The van der Waals surface area contributed by atoms with Gasteiger partial charge in [0, 0.05) is 23.0 Å². The molecule has 122 valence electrons. The third-order valence-corrected chi connectivity index (χ3v) is 4.46. The summed E-state index contributed by atoms with van der Waals surface area (Å²) in [5.41, 5.74) is 0. The zero-order chi connectivity index (χ0) is 16.7. The topological polar surface area (TPSA) is 71.3 Å². The van der Waals surface area contributed by atoms with E-state index in [1.54, 1.807) is 30.3 Å². The number of amides is 2. The first-order valence-electron chi connectivity index (χ1n) is 6.72. The summed E-state index contributed by atoms with van der Waals surface area (Å²) < 4.78 is 4.96. The van der Waals surface area contributed by atoms with Crippen LogP contribution in [0.1, 0.15) is 10.6 Å². The van der Waals surface area contributed by atoms with E-state index >= 15 is 0 Å². The average Bonchev–Trinajstić information content (AvgIpc) is 3.06. The number of thioether (sulfide) groups is 1. The zero-order valence-corrected chi connectivity index (χ0v) is 14.3. The number of halogens is 2. The molecule has 0 aliphatic heterocycles. The molecule has 0 bridgehead atoms. The molecule has 5 nitrogen and oxygen atoms in total. The van der Waals surface area contributed by atoms with Crippen LogP contribution in [0.2, 0.25) is 10.0 Å². The van der Waals surface area contributed by atoms with Crippen molar-refractivity contribution in [3.05, 3.63) is 52.4 Å². The lowest BCUT2D eigenvalue weighted by Gasteiger charge is -2.07. The van der Waals surface area contributed by atoms with Crippen LogP contribution in [-0.4, -0.2) is 30.7 Å². The Balaban J connectivity index is 1.65. The van der Waals surface area contributed by atoms with Crippen molar-refractivity contribution in [1.82, 2.24) is 10.6 Å². The molecule has 0 saturated carbocycles. The van der Waals surface area contributed by atoms with Crippen LogP contribution in [0.5, 0.6) is 0 Å². The highest BCUT2D eigenvalue weighted by Crippen LogP contribution is 2.29. The summed E-state index contributed by atoms with van der Waals surface area (Å²) >= 11 is 13.2. The summed E-state index contributed by atoms with van der Waals surface area (Å²) in [6.45, 7) is 0.642. The van der Waals surface area contributed by atoms with E-state index in [-0.39, 0.29) is 23.3 Å². The third kappa shape index (κ3) is 5.82. The van der Waals surface area contributed by atoms with Gasteiger partial charge in [0.05, 0.1) is 17.0 Å². The second-order valence-corrected chi connectivity index (χ2v) is 6.31. The number of carbonyl (C=O) groups excluding carboxylic acids is 2. The summed E-state index contributed by atoms with van der Waals surface area (Å²) in [6, 6.07) is 8.30. The molecule has 0 radical (unpaired) electrons. The fourth-order valence-electron chi connectivity index (χ4n) is 1.65. The lowest BCUT2D eigenvalue weighted by Crippen LogP contribution is -2.35. The van der Waals surface area contributed by atoms with Crippen LogP contribution in [0.25, 0.3) is 0 Å². The molecule has 1 heterocycles. The van der Waals surface area contributed by atoms with Crippen molar-refractivity contribution < 1.29 is 14.0 Å². The molecule has 0 spiro atoms. The zero-order valence-electron chi connectivity index (χ0n) is 12.0. The monoisotopic (exact) mass is 372 g/mol. The minimum atomic E-state index is -0.315. The van der Waals surface area contributed by atoms with Crippen molar-refractivity contribution >= 4 is 46.8 Å². The van der Waals surface area contributed by atoms with Gasteiger partial charge >= 0.3 is 0 Å². The van der Waals surface area contributed by atoms with Crippen molar-refractivity contribution in [2.24, 2.45) is 0 Å². The number of carbonyl (C=O) groups is 2. The second kappa shape index (κ2) is 8.86. The van der Waals surface area contributed by atoms with Crippen LogP contribution in [-0.2, 0) is 4.79 Å². The molecule has 0 fully saturated rings. The summed E-state index contributed by atoms with van der Waals surface area (Å²) in [4.78, 5) is 24.1. The molecule has 0 aliphatic carbocycles. The Morgan fingerprint density at radius 3 is 2.65 bits per heavy atom. The smallest absolute Gasteiger partial charge is 0.287 e. The summed E-state index contributed by atoms with van der Waals surface area (Å²) in [7, 11) is 0. The third-order valence-electron chi connectivity index (χ3n) is 2.73. The lowest BCUT2D eigenvalue weighted by molar-refractivity contribution is -0.118. The van der Waals surface area contributed by atoms with E-state index in [1.807, 2.05) is 0 Å². The molecular weight excluding hydrogens is 359 g/mol. The SMILES string of the molecule is O=C(CSc1cc(Cl)ccc1Cl)NCCNC(=O)c1ccco1. The normalized spacial score (nSPS) is 10.3. The minimum absolute atomic E-state index is 0.154. The van der Waals surface area contributed by atoms with Gasteiger partial charge in [-0.15, -0.1) is 11.8 Å². The first kappa shape index (κ1) is 17.7. The summed E-state index contributed by atoms with van der Waals surface area (Å²) in [6.07, 6.45) is 1.43. The summed E-state index contributed by atoms with van der Waals surface area (Å²) in [5.74, 6) is -0.0169. The number of rotatable bonds is 7. The second-order valence-electron chi connectivity index (χ2n) is 4.45. The highest BCUT2D eigenvalue weighted by molar-refractivity contribution is 8.00. The Kier molecular flexibility index (Phi) is 6.83. The molecule has 2 rings (SSSR count). The first-order valence-corrected chi connectivity index (χ1v) is 8.46. The van der Waals surface area contributed by atoms with E-state index in [9.17, 15) is 9.59 Å². The number of benzene rings is 1. The van der Waals surface area contributed by atoms with Gasteiger partial charge in [0.25, 0.3) is 5.91 Å². The molecule has 2 aromatic rings. The molecule has 1 aromatic heterocycles. The lowest BCUT2D eigenvalue weighted by atomic mass is 10.4. The van der Waals surface area contributed by atoms with Crippen molar-refractivity contribution in [2.75, 3.05) is 18.8 Å². The van der Waals surface area contributed by atoms with Gasteiger partial charge in [0.1, 0.15) is 0 Å². The van der Waals surface area contributed by atoms with Gasteiger partial charge in [-0.1, -0.05) is 23.2 Å². The largest absolute Gasteiger partial charge is 0.459 e. The van der Waals surface area contributed by atoms with Crippen molar-refractivity contribution in [2.45, 2.75) is 4.90 Å². The molecule has 0 saturated heterocycles. The van der Waals surface area contributed by atoms with Gasteiger partial charge < -0.3 is 15.1 Å². The van der Waals surface area contributed by atoms with Gasteiger partial charge in [0.2, 0.25) is 5.91 Å². The van der Waals surface area contributed by atoms with Crippen molar-refractivity contribution in [3.63, 3.8) is 0 Å². The van der Waals surface area contributed by atoms with Gasteiger partial charge in [-0.2, -0.15) is 0 Å². The molecule has 2 N–H and O–H groups in total. The fraction of sp³-hybridized carbons (Fsp3) is 0.200. The molecule has 1 aromatic carbocycles. The van der Waals surface area contributed by atoms with Crippen LogP contribution >= 0.6 is 35.0 Å². The van der Waals surface area contributed by atoms with Crippen LogP contribution in [0.15, 0.2) is 45.9 Å². The Hall–Kier alpha value is -1.63. The predicted octanol–water partition coefficient (Wildman–Crippen LogP) is 3.22. The van der Waals surface area contributed by atoms with E-state index in [0.717, 1.165) is 4.90 Å². The highest BCUT2D eigenvalue weighted by atomic mass is 35.5. The van der Waals surface area contributed by atoms with Gasteiger partial charge in [0.15, 0.2) is 5.76 Å². The molecular formula is C15H14Cl2N2O3S. The highest BCUT2D eigenvalue weighted by Gasteiger charge is 2.08. The molecule has 23 heavy (non-hydrogen) atoms. The van der Waals surface area contributed by atoms with Crippen LogP contribution in [0.3, 0.4) is 0 Å². The first-order chi connectivity index (χ1) is 11.1. The molecule has 0 unspecified atom stereocenters. The van der Waals surface area contributed by atoms with E-state index in [0.29, 0.717) is 23.1 Å². The van der Waals surface area contributed by atoms with Gasteiger partial charge in [-0.05, 0) is 30.3 Å².